The molecule has 9 heteroatoms. The van der Waals surface area contributed by atoms with Crippen molar-refractivity contribution in [3.05, 3.63) is 76.0 Å². The Balaban J connectivity index is 1.21. The van der Waals surface area contributed by atoms with E-state index < -0.39 is 0 Å². The Bertz CT molecular complexity index is 1470. The third kappa shape index (κ3) is 4.19. The SMILES string of the molecule is COc1ccc2ncc(=O)n(-c3ccc4c(c3)CCC(NCc3cc5c(cn3)OCCO5)C4)c2n1. The molecular weight excluding hydrogens is 446 g/mol. The predicted octanol–water partition coefficient (Wildman–Crippen LogP) is 2.60. The second-order valence-electron chi connectivity index (χ2n) is 8.72. The average molecular weight is 472 g/mol. The molecule has 2 aliphatic rings. The monoisotopic (exact) mass is 471 g/mol. The van der Waals surface area contributed by atoms with Crippen molar-refractivity contribution in [2.24, 2.45) is 0 Å². The molecule has 0 spiro atoms. The van der Waals surface area contributed by atoms with Gasteiger partial charge in [-0.25, -0.2) is 4.98 Å². The van der Waals surface area contributed by atoms with Crippen molar-refractivity contribution >= 4 is 11.2 Å². The largest absolute Gasteiger partial charge is 0.486 e. The molecule has 1 aliphatic heterocycles. The van der Waals surface area contributed by atoms with Crippen LogP contribution in [0.1, 0.15) is 23.2 Å². The summed E-state index contributed by atoms with van der Waals surface area (Å²) in [5.41, 5.74) is 5.15. The molecule has 9 nitrogen and oxygen atoms in total. The minimum absolute atomic E-state index is 0.222. The molecule has 178 valence electrons. The Morgan fingerprint density at radius 3 is 2.83 bits per heavy atom. The Morgan fingerprint density at radius 1 is 1.06 bits per heavy atom. The molecule has 1 N–H and O–H groups in total. The predicted molar refractivity (Wildman–Crippen MR) is 130 cm³/mol. The first-order valence-corrected chi connectivity index (χ1v) is 11.7. The fourth-order valence-electron chi connectivity index (χ4n) is 4.73. The van der Waals surface area contributed by atoms with Crippen molar-refractivity contribution in [1.82, 2.24) is 24.8 Å². The van der Waals surface area contributed by atoms with Crippen LogP contribution in [0.3, 0.4) is 0 Å². The first kappa shape index (κ1) is 21.5. The minimum atomic E-state index is -0.222. The molecule has 35 heavy (non-hydrogen) atoms. The minimum Gasteiger partial charge on any atom is -0.486 e. The van der Waals surface area contributed by atoms with E-state index in [1.165, 1.54) is 17.3 Å². The van der Waals surface area contributed by atoms with Crippen molar-refractivity contribution < 1.29 is 14.2 Å². The van der Waals surface area contributed by atoms with Gasteiger partial charge < -0.3 is 19.5 Å². The zero-order chi connectivity index (χ0) is 23.8. The number of hydrogen-bond acceptors (Lipinski definition) is 8. The maximum Gasteiger partial charge on any atom is 0.275 e. The van der Waals surface area contributed by atoms with Crippen LogP contribution in [0.4, 0.5) is 0 Å². The van der Waals surface area contributed by atoms with E-state index in [0.29, 0.717) is 48.6 Å². The number of hydrogen-bond donors (Lipinski definition) is 1. The summed E-state index contributed by atoms with van der Waals surface area (Å²) in [6, 6.07) is 12.0. The number of nitrogens with zero attached hydrogens (tertiary/aromatic N) is 4. The highest BCUT2D eigenvalue weighted by molar-refractivity contribution is 5.72. The summed E-state index contributed by atoms with van der Waals surface area (Å²) in [5.74, 6) is 1.91. The summed E-state index contributed by atoms with van der Waals surface area (Å²) in [7, 11) is 1.56. The quantitative estimate of drug-likeness (QED) is 0.474. The summed E-state index contributed by atoms with van der Waals surface area (Å²) in [4.78, 5) is 26.0. The van der Waals surface area contributed by atoms with Gasteiger partial charge in [-0.05, 0) is 48.6 Å². The number of aryl methyl sites for hydroxylation is 1. The van der Waals surface area contributed by atoms with Crippen LogP contribution in [0.15, 0.2) is 53.6 Å². The van der Waals surface area contributed by atoms with Crippen LogP contribution in [0.2, 0.25) is 0 Å². The lowest BCUT2D eigenvalue weighted by molar-refractivity contribution is 0.170. The standard InChI is InChI=1S/C26H25N5O4/c1-33-24-7-6-21-26(30-24)31(25(32)15-29-21)20-5-3-16-10-18(4-2-17(16)11-20)27-13-19-12-22-23(14-28-19)35-9-8-34-22/h3,5-7,11-12,14-15,18,27H,2,4,8-10,13H2,1H3. The van der Waals surface area contributed by atoms with Crippen molar-refractivity contribution in [2.75, 3.05) is 20.3 Å². The third-order valence-corrected chi connectivity index (χ3v) is 6.52. The Kier molecular flexibility index (Phi) is 5.54. The van der Waals surface area contributed by atoms with Gasteiger partial charge in [0.15, 0.2) is 17.1 Å². The van der Waals surface area contributed by atoms with Gasteiger partial charge in [0.25, 0.3) is 5.56 Å². The molecule has 6 rings (SSSR count). The van der Waals surface area contributed by atoms with Crippen LogP contribution in [-0.4, -0.2) is 45.9 Å². The summed E-state index contributed by atoms with van der Waals surface area (Å²) in [6.07, 6.45) is 5.90. The summed E-state index contributed by atoms with van der Waals surface area (Å²) in [5, 5.41) is 3.63. The summed E-state index contributed by atoms with van der Waals surface area (Å²) >= 11 is 0. The highest BCUT2D eigenvalue weighted by Crippen LogP contribution is 2.30. The van der Waals surface area contributed by atoms with Gasteiger partial charge in [0.2, 0.25) is 5.88 Å². The van der Waals surface area contributed by atoms with Crippen LogP contribution < -0.4 is 25.1 Å². The van der Waals surface area contributed by atoms with E-state index in [1.807, 2.05) is 18.2 Å². The number of nitrogens with one attached hydrogen (secondary N) is 1. The van der Waals surface area contributed by atoms with Gasteiger partial charge >= 0.3 is 0 Å². The van der Waals surface area contributed by atoms with Gasteiger partial charge in [0.1, 0.15) is 18.7 Å². The fourth-order valence-corrected chi connectivity index (χ4v) is 4.73. The van der Waals surface area contributed by atoms with Gasteiger partial charge in [0, 0.05) is 24.7 Å². The molecule has 0 radical (unpaired) electrons. The first-order chi connectivity index (χ1) is 17.2. The molecule has 0 saturated heterocycles. The van der Waals surface area contributed by atoms with Crippen LogP contribution >= 0.6 is 0 Å². The lowest BCUT2D eigenvalue weighted by atomic mass is 9.88. The molecule has 4 heterocycles. The molecule has 4 aromatic rings. The van der Waals surface area contributed by atoms with E-state index in [1.54, 1.807) is 23.9 Å². The Morgan fingerprint density at radius 2 is 1.94 bits per heavy atom. The van der Waals surface area contributed by atoms with E-state index in [4.69, 9.17) is 14.2 Å². The van der Waals surface area contributed by atoms with Crippen LogP contribution in [0.5, 0.6) is 17.4 Å². The lowest BCUT2D eigenvalue weighted by Gasteiger charge is -2.26. The van der Waals surface area contributed by atoms with Gasteiger partial charge in [-0.2, -0.15) is 4.98 Å². The molecule has 0 bridgehead atoms. The van der Waals surface area contributed by atoms with E-state index in [-0.39, 0.29) is 5.56 Å². The third-order valence-electron chi connectivity index (χ3n) is 6.52. The van der Waals surface area contributed by atoms with Crippen molar-refractivity contribution in [2.45, 2.75) is 31.8 Å². The number of ether oxygens (including phenoxy) is 3. The van der Waals surface area contributed by atoms with E-state index >= 15 is 0 Å². The molecular formula is C26H25N5O4. The molecule has 0 fully saturated rings. The van der Waals surface area contributed by atoms with E-state index in [0.717, 1.165) is 36.4 Å². The smallest absolute Gasteiger partial charge is 0.275 e. The lowest BCUT2D eigenvalue weighted by Crippen LogP contribution is -2.34. The first-order valence-electron chi connectivity index (χ1n) is 11.7. The van der Waals surface area contributed by atoms with Crippen LogP contribution in [-0.2, 0) is 19.4 Å². The second-order valence-corrected chi connectivity index (χ2v) is 8.72. The number of aromatic nitrogens is 4. The number of methoxy groups -OCH3 is 1. The summed E-state index contributed by atoms with van der Waals surface area (Å²) < 4.78 is 18.1. The molecule has 0 saturated carbocycles. The average Bonchev–Trinajstić information content (AvgIpc) is 2.91. The highest BCUT2D eigenvalue weighted by Gasteiger charge is 2.20. The second kappa shape index (κ2) is 8.99. The van der Waals surface area contributed by atoms with Gasteiger partial charge in [-0.15, -0.1) is 0 Å². The van der Waals surface area contributed by atoms with Gasteiger partial charge in [-0.1, -0.05) is 6.07 Å². The molecule has 1 aliphatic carbocycles. The zero-order valence-corrected chi connectivity index (χ0v) is 19.4. The van der Waals surface area contributed by atoms with Gasteiger partial charge in [0.05, 0.1) is 30.9 Å². The molecule has 1 atom stereocenters. The maximum atomic E-state index is 12.7. The fraction of sp³-hybridized carbons (Fsp3) is 0.308. The molecule has 1 unspecified atom stereocenters. The maximum absolute atomic E-state index is 12.7. The zero-order valence-electron chi connectivity index (χ0n) is 19.4. The topological polar surface area (TPSA) is 100 Å². The Labute approximate surface area is 201 Å². The highest BCUT2D eigenvalue weighted by atomic mass is 16.6. The van der Waals surface area contributed by atoms with Gasteiger partial charge in [-0.3, -0.25) is 14.3 Å². The number of benzene rings is 1. The number of rotatable bonds is 5. The number of fused-ring (bicyclic) bond motifs is 3. The van der Waals surface area contributed by atoms with Crippen LogP contribution in [0, 0.1) is 0 Å². The molecule has 1 aromatic carbocycles. The van der Waals surface area contributed by atoms with Crippen molar-refractivity contribution in [1.29, 1.82) is 0 Å². The van der Waals surface area contributed by atoms with Crippen molar-refractivity contribution in [3.63, 3.8) is 0 Å². The van der Waals surface area contributed by atoms with E-state index in [2.05, 4.69) is 32.4 Å². The molecule has 3 aromatic heterocycles. The van der Waals surface area contributed by atoms with Crippen LogP contribution in [0.25, 0.3) is 16.9 Å². The Hall–Kier alpha value is -3.98. The molecule has 0 amide bonds. The van der Waals surface area contributed by atoms with E-state index in [9.17, 15) is 4.79 Å². The summed E-state index contributed by atoms with van der Waals surface area (Å²) in [6.45, 7) is 1.79. The normalized spacial score (nSPS) is 16.7. The number of pyridine rings is 2. The van der Waals surface area contributed by atoms with Crippen molar-refractivity contribution in [3.8, 4) is 23.1 Å².